The lowest BCUT2D eigenvalue weighted by Crippen LogP contribution is -2.04. The minimum Gasteiger partial charge on any atom is -0.258 e. The van der Waals surface area contributed by atoms with Crippen LogP contribution in [0.4, 0.5) is 5.69 Å². The van der Waals surface area contributed by atoms with Crippen LogP contribution in [0.25, 0.3) is 27.3 Å². The smallest absolute Gasteiger partial charge is 0.258 e. The Morgan fingerprint density at radius 2 is 2.00 bits per heavy atom. The van der Waals surface area contributed by atoms with Gasteiger partial charge in [0.2, 0.25) is 0 Å². The van der Waals surface area contributed by atoms with Gasteiger partial charge < -0.3 is 0 Å². The van der Waals surface area contributed by atoms with E-state index in [2.05, 4.69) is 29.0 Å². The van der Waals surface area contributed by atoms with Gasteiger partial charge in [0, 0.05) is 10.4 Å². The zero-order valence-electron chi connectivity index (χ0n) is 18.2. The normalized spacial score (nSPS) is 11.6. The number of aromatic nitrogens is 6. The third-order valence-corrected chi connectivity index (χ3v) is 6.78. The summed E-state index contributed by atoms with van der Waals surface area (Å²) in [5, 5.41) is 21.4. The molecule has 0 saturated carbocycles. The molecular weight excluding hydrogens is 426 g/mol. The van der Waals surface area contributed by atoms with E-state index in [1.165, 1.54) is 10.4 Å². The molecule has 10 heteroatoms. The van der Waals surface area contributed by atoms with Crippen molar-refractivity contribution in [2.24, 2.45) is 0 Å². The summed E-state index contributed by atoms with van der Waals surface area (Å²) in [6.45, 7) is 8.06. The number of rotatable bonds is 5. The van der Waals surface area contributed by atoms with E-state index in [0.717, 1.165) is 33.4 Å². The van der Waals surface area contributed by atoms with E-state index in [1.807, 2.05) is 24.3 Å². The fraction of sp³-hybridized carbons (Fsp3) is 0.273. The van der Waals surface area contributed by atoms with Crippen LogP contribution in [0.2, 0.25) is 0 Å². The molecule has 0 aliphatic rings. The standard InChI is InChI=1S/C22H21N7O2S/c1-5-17-14(4)32-22-18(17)21-24-20(26-28(21)11-23-22)16-8-6-7-15(9-16)10-27-13(3)19(29(30)31)12(2)25-27/h6-9,11H,5,10H2,1-4H3. The Labute approximate surface area is 187 Å². The Balaban J connectivity index is 1.56. The largest absolute Gasteiger partial charge is 0.312 e. The first kappa shape index (κ1) is 20.3. The van der Waals surface area contributed by atoms with Crippen LogP contribution in [0.15, 0.2) is 30.6 Å². The first-order valence-corrected chi connectivity index (χ1v) is 11.1. The van der Waals surface area contributed by atoms with E-state index < -0.39 is 0 Å². The molecule has 9 nitrogen and oxygen atoms in total. The summed E-state index contributed by atoms with van der Waals surface area (Å²) in [5.41, 5.74) is 4.94. The predicted octanol–water partition coefficient (Wildman–Crippen LogP) is 4.65. The zero-order valence-corrected chi connectivity index (χ0v) is 19.0. The molecule has 0 unspecified atom stereocenters. The van der Waals surface area contributed by atoms with Crippen molar-refractivity contribution in [3.05, 3.63) is 68.1 Å². The third-order valence-electron chi connectivity index (χ3n) is 5.73. The molecule has 4 aromatic heterocycles. The van der Waals surface area contributed by atoms with E-state index in [9.17, 15) is 10.1 Å². The van der Waals surface area contributed by atoms with Crippen molar-refractivity contribution in [3.8, 4) is 11.4 Å². The lowest BCUT2D eigenvalue weighted by molar-refractivity contribution is -0.386. The second kappa shape index (κ2) is 7.49. The SMILES string of the molecule is CCc1c(C)sc2ncn3nc(-c4cccc(Cn5nc(C)c([N+](=O)[O-])c5C)c4)nc3c12. The van der Waals surface area contributed by atoms with Gasteiger partial charge in [0.25, 0.3) is 0 Å². The van der Waals surface area contributed by atoms with Crippen molar-refractivity contribution < 1.29 is 4.92 Å². The lowest BCUT2D eigenvalue weighted by atomic mass is 10.1. The minimum atomic E-state index is -0.378. The Hall–Kier alpha value is -3.66. The number of nitrogens with zero attached hydrogens (tertiary/aromatic N) is 7. The number of nitro groups is 1. The van der Waals surface area contributed by atoms with Crippen LogP contribution < -0.4 is 0 Å². The highest BCUT2D eigenvalue weighted by atomic mass is 32.1. The molecule has 5 rings (SSSR count). The van der Waals surface area contributed by atoms with E-state index >= 15 is 0 Å². The maximum Gasteiger partial charge on any atom is 0.312 e. The van der Waals surface area contributed by atoms with Crippen LogP contribution in [0.3, 0.4) is 0 Å². The summed E-state index contributed by atoms with van der Waals surface area (Å²) >= 11 is 1.68. The van der Waals surface area contributed by atoms with Crippen LogP contribution in [0, 0.1) is 30.9 Å². The second-order valence-electron chi connectivity index (χ2n) is 7.75. The predicted molar refractivity (Wildman–Crippen MR) is 123 cm³/mol. The Kier molecular flexibility index (Phi) is 4.74. The monoisotopic (exact) mass is 447 g/mol. The van der Waals surface area contributed by atoms with Crippen LogP contribution in [0.1, 0.15) is 34.3 Å². The fourth-order valence-electron chi connectivity index (χ4n) is 4.20. The molecule has 0 N–H and O–H groups in total. The minimum absolute atomic E-state index is 0.0671. The second-order valence-corrected chi connectivity index (χ2v) is 8.96. The Morgan fingerprint density at radius 1 is 1.19 bits per heavy atom. The molecule has 0 aliphatic carbocycles. The number of hydrogen-bond donors (Lipinski definition) is 0. The highest BCUT2D eigenvalue weighted by Gasteiger charge is 2.22. The maximum absolute atomic E-state index is 11.3. The van der Waals surface area contributed by atoms with Gasteiger partial charge in [0.15, 0.2) is 11.5 Å². The van der Waals surface area contributed by atoms with Crippen molar-refractivity contribution in [2.45, 2.75) is 40.7 Å². The Bertz CT molecular complexity index is 1510. The molecular formula is C22H21N7O2S. The maximum atomic E-state index is 11.3. The first-order valence-electron chi connectivity index (χ1n) is 10.3. The van der Waals surface area contributed by atoms with Gasteiger partial charge in [-0.3, -0.25) is 14.8 Å². The average molecular weight is 448 g/mol. The zero-order chi connectivity index (χ0) is 22.6. The molecule has 0 amide bonds. The van der Waals surface area contributed by atoms with Gasteiger partial charge in [0.1, 0.15) is 22.5 Å². The topological polar surface area (TPSA) is 104 Å². The van der Waals surface area contributed by atoms with Gasteiger partial charge in [0.05, 0.1) is 16.9 Å². The summed E-state index contributed by atoms with van der Waals surface area (Å²) in [5.74, 6) is 0.617. The first-order chi connectivity index (χ1) is 15.4. The number of fused-ring (bicyclic) bond motifs is 3. The molecule has 32 heavy (non-hydrogen) atoms. The molecule has 162 valence electrons. The molecule has 0 aliphatic heterocycles. The van der Waals surface area contributed by atoms with E-state index in [0.29, 0.717) is 23.8 Å². The molecule has 0 saturated heterocycles. The van der Waals surface area contributed by atoms with E-state index in [4.69, 9.17) is 4.98 Å². The number of benzene rings is 1. The van der Waals surface area contributed by atoms with Crippen LogP contribution in [0.5, 0.6) is 0 Å². The van der Waals surface area contributed by atoms with Gasteiger partial charge in [-0.15, -0.1) is 16.4 Å². The molecule has 0 bridgehead atoms. The van der Waals surface area contributed by atoms with Gasteiger partial charge in [-0.1, -0.05) is 25.1 Å². The molecule has 1 aromatic carbocycles. The molecule has 5 aromatic rings. The summed E-state index contributed by atoms with van der Waals surface area (Å²) in [7, 11) is 0. The van der Waals surface area contributed by atoms with Crippen molar-refractivity contribution in [1.82, 2.24) is 29.4 Å². The van der Waals surface area contributed by atoms with Crippen molar-refractivity contribution in [1.29, 1.82) is 0 Å². The fourth-order valence-corrected chi connectivity index (χ4v) is 5.28. The summed E-state index contributed by atoms with van der Waals surface area (Å²) in [4.78, 5) is 22.6. The summed E-state index contributed by atoms with van der Waals surface area (Å²) < 4.78 is 3.40. The summed E-state index contributed by atoms with van der Waals surface area (Å²) in [6, 6.07) is 7.88. The number of thiophene rings is 1. The van der Waals surface area contributed by atoms with Gasteiger partial charge in [-0.05, 0) is 44.4 Å². The highest BCUT2D eigenvalue weighted by Crippen LogP contribution is 2.33. The number of hydrogen-bond acceptors (Lipinski definition) is 7. The molecule has 0 atom stereocenters. The van der Waals surface area contributed by atoms with Crippen molar-refractivity contribution in [3.63, 3.8) is 0 Å². The van der Waals surface area contributed by atoms with Gasteiger partial charge >= 0.3 is 5.69 Å². The third kappa shape index (κ3) is 3.14. The van der Waals surface area contributed by atoms with Crippen LogP contribution in [-0.2, 0) is 13.0 Å². The van der Waals surface area contributed by atoms with Crippen LogP contribution in [-0.4, -0.2) is 34.3 Å². The highest BCUT2D eigenvalue weighted by molar-refractivity contribution is 7.18. The molecule has 0 fully saturated rings. The summed E-state index contributed by atoms with van der Waals surface area (Å²) in [6.07, 6.45) is 2.63. The number of aryl methyl sites for hydroxylation is 3. The van der Waals surface area contributed by atoms with E-state index in [1.54, 1.807) is 40.7 Å². The Morgan fingerprint density at radius 3 is 2.72 bits per heavy atom. The van der Waals surface area contributed by atoms with Gasteiger partial charge in [-0.25, -0.2) is 14.5 Å². The van der Waals surface area contributed by atoms with Crippen LogP contribution >= 0.6 is 11.3 Å². The molecule has 4 heterocycles. The molecule has 0 spiro atoms. The molecule has 0 radical (unpaired) electrons. The van der Waals surface area contributed by atoms with Crippen molar-refractivity contribution >= 4 is 32.9 Å². The average Bonchev–Trinajstić information content (AvgIpc) is 3.40. The lowest BCUT2D eigenvalue weighted by Gasteiger charge is -2.05. The van der Waals surface area contributed by atoms with Crippen molar-refractivity contribution in [2.75, 3.05) is 0 Å². The quantitative estimate of drug-likeness (QED) is 0.287. The van der Waals surface area contributed by atoms with Gasteiger partial charge in [-0.2, -0.15) is 5.10 Å². The van der Waals surface area contributed by atoms with E-state index in [-0.39, 0.29) is 10.6 Å².